The van der Waals surface area contributed by atoms with Crippen LogP contribution in [0.15, 0.2) is 24.3 Å². The zero-order valence-electron chi connectivity index (χ0n) is 10.6. The molecule has 1 atom stereocenters. The lowest BCUT2D eigenvalue weighted by atomic mass is 10.1. The van der Waals surface area contributed by atoms with Crippen molar-refractivity contribution in [3.05, 3.63) is 35.4 Å². The number of rotatable bonds is 5. The van der Waals surface area contributed by atoms with E-state index in [0.717, 1.165) is 19.6 Å². The molecule has 0 spiro atoms. The van der Waals surface area contributed by atoms with Crippen LogP contribution in [0, 0.1) is 5.92 Å². The molecule has 1 aromatic carbocycles. The average Bonchev–Trinajstić information content (AvgIpc) is 2.78. The minimum atomic E-state index is 0.692. The standard InChI is InChI=1S/C14H22N2O/c1-17-11-13-4-2-3-12(7-13)9-16-6-5-14(8-15)10-16/h2-4,7,14H,5-6,8-11,15H2,1H3. The largest absolute Gasteiger partial charge is 0.380 e. The summed E-state index contributed by atoms with van der Waals surface area (Å²) in [6, 6.07) is 8.65. The van der Waals surface area contributed by atoms with Crippen LogP contribution < -0.4 is 5.73 Å². The van der Waals surface area contributed by atoms with E-state index in [-0.39, 0.29) is 0 Å². The molecule has 1 fully saturated rings. The molecule has 17 heavy (non-hydrogen) atoms. The molecular formula is C14H22N2O. The summed E-state index contributed by atoms with van der Waals surface area (Å²) < 4.78 is 5.16. The highest BCUT2D eigenvalue weighted by Crippen LogP contribution is 2.18. The summed E-state index contributed by atoms with van der Waals surface area (Å²) in [6.45, 7) is 4.87. The Morgan fingerprint density at radius 3 is 2.94 bits per heavy atom. The fourth-order valence-electron chi connectivity index (χ4n) is 2.49. The molecule has 1 aliphatic heterocycles. The lowest BCUT2D eigenvalue weighted by Gasteiger charge is -2.16. The highest BCUT2D eigenvalue weighted by Gasteiger charge is 2.20. The third-order valence-corrected chi connectivity index (χ3v) is 3.41. The smallest absolute Gasteiger partial charge is 0.0713 e. The van der Waals surface area contributed by atoms with Gasteiger partial charge in [-0.2, -0.15) is 0 Å². The Morgan fingerprint density at radius 1 is 1.41 bits per heavy atom. The van der Waals surface area contributed by atoms with E-state index in [1.54, 1.807) is 7.11 Å². The van der Waals surface area contributed by atoms with Gasteiger partial charge in [0.2, 0.25) is 0 Å². The zero-order chi connectivity index (χ0) is 12.1. The molecule has 0 bridgehead atoms. The Bertz CT molecular complexity index is 354. The minimum absolute atomic E-state index is 0.692. The van der Waals surface area contributed by atoms with Gasteiger partial charge in [0.15, 0.2) is 0 Å². The Balaban J connectivity index is 1.92. The fraction of sp³-hybridized carbons (Fsp3) is 0.571. The van der Waals surface area contributed by atoms with Gasteiger partial charge >= 0.3 is 0 Å². The molecular weight excluding hydrogens is 212 g/mol. The topological polar surface area (TPSA) is 38.5 Å². The number of methoxy groups -OCH3 is 1. The first-order chi connectivity index (χ1) is 8.31. The first kappa shape index (κ1) is 12.6. The molecule has 0 aliphatic carbocycles. The van der Waals surface area contributed by atoms with E-state index in [2.05, 4.69) is 29.2 Å². The molecule has 2 N–H and O–H groups in total. The zero-order valence-corrected chi connectivity index (χ0v) is 10.6. The molecule has 94 valence electrons. The molecule has 2 rings (SSSR count). The van der Waals surface area contributed by atoms with Crippen LogP contribution in [-0.4, -0.2) is 31.6 Å². The highest BCUT2D eigenvalue weighted by molar-refractivity contribution is 5.23. The van der Waals surface area contributed by atoms with Crippen LogP contribution in [0.4, 0.5) is 0 Å². The molecule has 0 radical (unpaired) electrons. The van der Waals surface area contributed by atoms with Crippen molar-refractivity contribution in [1.82, 2.24) is 4.90 Å². The number of likely N-dealkylation sites (tertiary alicyclic amines) is 1. The first-order valence-electron chi connectivity index (χ1n) is 6.31. The van der Waals surface area contributed by atoms with Crippen LogP contribution in [0.2, 0.25) is 0 Å². The summed E-state index contributed by atoms with van der Waals surface area (Å²) in [7, 11) is 1.74. The van der Waals surface area contributed by atoms with Crippen LogP contribution in [0.25, 0.3) is 0 Å². The van der Waals surface area contributed by atoms with Crippen molar-refractivity contribution in [2.24, 2.45) is 11.7 Å². The lowest BCUT2D eigenvalue weighted by Crippen LogP contribution is -2.22. The highest BCUT2D eigenvalue weighted by atomic mass is 16.5. The Kier molecular flexibility index (Phi) is 4.54. The van der Waals surface area contributed by atoms with Crippen molar-refractivity contribution in [3.63, 3.8) is 0 Å². The summed E-state index contributed by atoms with van der Waals surface area (Å²) in [4.78, 5) is 2.49. The van der Waals surface area contributed by atoms with Crippen LogP contribution in [0.1, 0.15) is 17.5 Å². The van der Waals surface area contributed by atoms with Crippen LogP contribution in [-0.2, 0) is 17.9 Å². The Labute approximate surface area is 104 Å². The number of nitrogens with two attached hydrogens (primary N) is 1. The Hall–Kier alpha value is -0.900. The van der Waals surface area contributed by atoms with Gasteiger partial charge < -0.3 is 10.5 Å². The SMILES string of the molecule is COCc1cccc(CN2CCC(CN)C2)c1. The molecule has 1 unspecified atom stereocenters. The van der Waals surface area contributed by atoms with Crippen LogP contribution in [0.5, 0.6) is 0 Å². The maximum atomic E-state index is 5.71. The van der Waals surface area contributed by atoms with E-state index in [1.807, 2.05) is 0 Å². The molecule has 0 saturated carbocycles. The third-order valence-electron chi connectivity index (χ3n) is 3.41. The molecule has 1 heterocycles. The minimum Gasteiger partial charge on any atom is -0.380 e. The van der Waals surface area contributed by atoms with Crippen molar-refractivity contribution in [2.45, 2.75) is 19.6 Å². The normalized spacial score (nSPS) is 20.9. The van der Waals surface area contributed by atoms with Gasteiger partial charge in [-0.3, -0.25) is 4.90 Å². The quantitative estimate of drug-likeness (QED) is 0.841. The summed E-state index contributed by atoms with van der Waals surface area (Å²) in [6.07, 6.45) is 1.24. The second-order valence-electron chi connectivity index (χ2n) is 4.88. The summed E-state index contributed by atoms with van der Waals surface area (Å²) in [5, 5.41) is 0. The van der Waals surface area contributed by atoms with E-state index < -0.39 is 0 Å². The van der Waals surface area contributed by atoms with Crippen molar-refractivity contribution < 1.29 is 4.74 Å². The van der Waals surface area contributed by atoms with E-state index in [9.17, 15) is 0 Å². The third kappa shape index (κ3) is 3.53. The number of benzene rings is 1. The predicted octanol–water partition coefficient (Wildman–Crippen LogP) is 1.61. The van der Waals surface area contributed by atoms with Gasteiger partial charge in [0.25, 0.3) is 0 Å². The maximum absolute atomic E-state index is 5.71. The molecule has 1 saturated heterocycles. The monoisotopic (exact) mass is 234 g/mol. The molecule has 1 aromatic rings. The van der Waals surface area contributed by atoms with Gasteiger partial charge in [-0.25, -0.2) is 0 Å². The molecule has 3 nitrogen and oxygen atoms in total. The molecule has 0 aromatic heterocycles. The number of hydrogen-bond donors (Lipinski definition) is 1. The van der Waals surface area contributed by atoms with E-state index in [4.69, 9.17) is 10.5 Å². The fourth-order valence-corrected chi connectivity index (χ4v) is 2.49. The van der Waals surface area contributed by atoms with E-state index in [1.165, 1.54) is 24.1 Å². The van der Waals surface area contributed by atoms with Crippen molar-refractivity contribution in [2.75, 3.05) is 26.7 Å². The second kappa shape index (κ2) is 6.15. The lowest BCUT2D eigenvalue weighted by molar-refractivity contribution is 0.184. The predicted molar refractivity (Wildman–Crippen MR) is 69.6 cm³/mol. The van der Waals surface area contributed by atoms with Crippen molar-refractivity contribution >= 4 is 0 Å². The van der Waals surface area contributed by atoms with E-state index >= 15 is 0 Å². The van der Waals surface area contributed by atoms with Gasteiger partial charge in [-0.05, 0) is 36.6 Å². The summed E-state index contributed by atoms with van der Waals surface area (Å²) >= 11 is 0. The molecule has 0 amide bonds. The van der Waals surface area contributed by atoms with Gasteiger partial charge in [-0.15, -0.1) is 0 Å². The van der Waals surface area contributed by atoms with Crippen LogP contribution in [0.3, 0.4) is 0 Å². The summed E-state index contributed by atoms with van der Waals surface area (Å²) in [5.74, 6) is 0.692. The average molecular weight is 234 g/mol. The molecule has 1 aliphatic rings. The number of nitrogens with zero attached hydrogens (tertiary/aromatic N) is 1. The van der Waals surface area contributed by atoms with Gasteiger partial charge in [0.1, 0.15) is 0 Å². The van der Waals surface area contributed by atoms with Gasteiger partial charge in [0.05, 0.1) is 6.61 Å². The first-order valence-corrected chi connectivity index (χ1v) is 6.31. The maximum Gasteiger partial charge on any atom is 0.0713 e. The number of ether oxygens (including phenoxy) is 1. The van der Waals surface area contributed by atoms with Crippen molar-refractivity contribution in [1.29, 1.82) is 0 Å². The van der Waals surface area contributed by atoms with E-state index in [0.29, 0.717) is 12.5 Å². The molecule has 3 heteroatoms. The Morgan fingerprint density at radius 2 is 2.24 bits per heavy atom. The van der Waals surface area contributed by atoms with Crippen molar-refractivity contribution in [3.8, 4) is 0 Å². The van der Waals surface area contributed by atoms with Crippen LogP contribution >= 0.6 is 0 Å². The van der Waals surface area contributed by atoms with Gasteiger partial charge in [0, 0.05) is 20.2 Å². The van der Waals surface area contributed by atoms with Gasteiger partial charge in [-0.1, -0.05) is 24.3 Å². The summed E-state index contributed by atoms with van der Waals surface area (Å²) in [5.41, 5.74) is 8.33. The second-order valence-corrected chi connectivity index (χ2v) is 4.88. The number of hydrogen-bond acceptors (Lipinski definition) is 3.